The van der Waals surface area contributed by atoms with Crippen molar-refractivity contribution >= 4 is 17.3 Å². The van der Waals surface area contributed by atoms with Gasteiger partial charge in [0.05, 0.1) is 5.69 Å². The highest BCUT2D eigenvalue weighted by Gasteiger charge is 2.23. The molecule has 27 heavy (non-hydrogen) atoms. The molecule has 140 valence electrons. The molecule has 0 saturated carbocycles. The first kappa shape index (κ1) is 17.4. The number of para-hydroxylation sites is 1. The van der Waals surface area contributed by atoms with Gasteiger partial charge in [-0.25, -0.2) is 4.98 Å². The van der Waals surface area contributed by atoms with Gasteiger partial charge in [-0.2, -0.15) is 0 Å². The van der Waals surface area contributed by atoms with E-state index in [2.05, 4.69) is 66.4 Å². The Morgan fingerprint density at radius 3 is 2.85 bits per heavy atom. The molecular weight excluding hydrogens is 336 g/mol. The molecule has 0 bridgehead atoms. The highest BCUT2D eigenvalue weighted by atomic mass is 15.2. The predicted octanol–water partition coefficient (Wildman–Crippen LogP) is 2.32. The quantitative estimate of drug-likeness (QED) is 0.540. The number of fused-ring (bicyclic) bond motifs is 1. The van der Waals surface area contributed by atoms with E-state index in [0.717, 1.165) is 49.8 Å². The van der Waals surface area contributed by atoms with Gasteiger partial charge < -0.3 is 19.9 Å². The third-order valence-corrected chi connectivity index (χ3v) is 4.96. The largest absolute Gasteiger partial charge is 0.369 e. The summed E-state index contributed by atoms with van der Waals surface area (Å²) in [6.07, 6.45) is 6.09. The summed E-state index contributed by atoms with van der Waals surface area (Å²) in [4.78, 5) is 11.4. The molecule has 1 aliphatic heterocycles. The topological polar surface area (TPSA) is 57.0 Å². The molecule has 1 atom stereocenters. The second-order valence-electron chi connectivity index (χ2n) is 6.86. The van der Waals surface area contributed by atoms with Crippen LogP contribution in [0.4, 0.5) is 5.69 Å². The Balaban J connectivity index is 1.26. The molecule has 1 saturated heterocycles. The Morgan fingerprint density at radius 2 is 2.04 bits per heavy atom. The van der Waals surface area contributed by atoms with Crippen LogP contribution in [0.5, 0.6) is 0 Å². The van der Waals surface area contributed by atoms with Crippen LogP contribution in [0.3, 0.4) is 0 Å². The number of pyridine rings is 1. The number of guanidine groups is 1. The molecule has 0 radical (unpaired) electrons. The van der Waals surface area contributed by atoms with Crippen molar-refractivity contribution in [1.82, 2.24) is 20.0 Å². The van der Waals surface area contributed by atoms with Gasteiger partial charge in [0, 0.05) is 57.2 Å². The van der Waals surface area contributed by atoms with Gasteiger partial charge >= 0.3 is 0 Å². The zero-order valence-electron chi connectivity index (χ0n) is 15.7. The minimum Gasteiger partial charge on any atom is -0.369 e. The first-order valence-electron chi connectivity index (χ1n) is 9.51. The van der Waals surface area contributed by atoms with Crippen molar-refractivity contribution in [3.05, 3.63) is 66.6 Å². The van der Waals surface area contributed by atoms with Crippen molar-refractivity contribution in [2.75, 3.05) is 31.6 Å². The maximum absolute atomic E-state index is 4.64. The van der Waals surface area contributed by atoms with Crippen LogP contribution in [0.15, 0.2) is 65.9 Å². The minimum absolute atomic E-state index is 0.409. The number of nitrogens with one attached hydrogen (secondary N) is 2. The fraction of sp³-hybridized carbons (Fsp3) is 0.333. The van der Waals surface area contributed by atoms with E-state index >= 15 is 0 Å². The van der Waals surface area contributed by atoms with Crippen LogP contribution < -0.4 is 15.5 Å². The summed E-state index contributed by atoms with van der Waals surface area (Å²) in [7, 11) is 1.82. The van der Waals surface area contributed by atoms with Crippen molar-refractivity contribution in [3.63, 3.8) is 0 Å². The van der Waals surface area contributed by atoms with Crippen LogP contribution in [-0.4, -0.2) is 48.1 Å². The second-order valence-corrected chi connectivity index (χ2v) is 6.86. The van der Waals surface area contributed by atoms with Crippen LogP contribution in [0.25, 0.3) is 5.65 Å². The molecule has 6 nitrogen and oxygen atoms in total. The lowest BCUT2D eigenvalue weighted by Crippen LogP contribution is -2.45. The molecule has 2 aromatic heterocycles. The molecular formula is C21H26N6. The zero-order valence-corrected chi connectivity index (χ0v) is 15.7. The van der Waals surface area contributed by atoms with Crippen molar-refractivity contribution in [1.29, 1.82) is 0 Å². The lowest BCUT2D eigenvalue weighted by atomic mass is 10.2. The van der Waals surface area contributed by atoms with Gasteiger partial charge in [0.15, 0.2) is 5.96 Å². The Morgan fingerprint density at radius 1 is 1.19 bits per heavy atom. The van der Waals surface area contributed by atoms with Gasteiger partial charge in [0.1, 0.15) is 5.65 Å². The predicted molar refractivity (Wildman–Crippen MR) is 110 cm³/mol. The minimum atomic E-state index is 0.409. The van der Waals surface area contributed by atoms with Gasteiger partial charge in [-0.05, 0) is 30.7 Å². The number of rotatable bonds is 5. The molecule has 2 N–H and O–H groups in total. The maximum Gasteiger partial charge on any atom is 0.191 e. The normalized spacial score (nSPS) is 17.4. The lowest BCUT2D eigenvalue weighted by molar-refractivity contribution is 0.648. The van der Waals surface area contributed by atoms with E-state index in [9.17, 15) is 0 Å². The van der Waals surface area contributed by atoms with Crippen LogP contribution in [0.1, 0.15) is 12.1 Å². The molecule has 0 spiro atoms. The Labute approximate surface area is 159 Å². The van der Waals surface area contributed by atoms with Gasteiger partial charge in [-0.3, -0.25) is 4.99 Å². The third-order valence-electron chi connectivity index (χ3n) is 4.96. The first-order chi connectivity index (χ1) is 13.3. The monoisotopic (exact) mass is 362 g/mol. The smallest absolute Gasteiger partial charge is 0.191 e. The second kappa shape index (κ2) is 8.12. The fourth-order valence-corrected chi connectivity index (χ4v) is 3.56. The third kappa shape index (κ3) is 4.22. The molecule has 1 fully saturated rings. The maximum atomic E-state index is 4.64. The average molecular weight is 362 g/mol. The molecule has 4 rings (SSSR count). The summed E-state index contributed by atoms with van der Waals surface area (Å²) in [5.41, 5.74) is 3.36. The summed E-state index contributed by atoms with van der Waals surface area (Å²) >= 11 is 0. The molecule has 1 aliphatic rings. The van der Waals surface area contributed by atoms with Gasteiger partial charge in [-0.1, -0.05) is 24.3 Å². The van der Waals surface area contributed by atoms with Crippen molar-refractivity contribution in [2.45, 2.75) is 18.9 Å². The number of benzene rings is 1. The van der Waals surface area contributed by atoms with Crippen molar-refractivity contribution < 1.29 is 0 Å². The van der Waals surface area contributed by atoms with E-state index < -0.39 is 0 Å². The Kier molecular flexibility index (Phi) is 5.23. The summed E-state index contributed by atoms with van der Waals surface area (Å²) in [6, 6.07) is 17.0. The number of nitrogens with zero attached hydrogens (tertiary/aromatic N) is 4. The standard InChI is InChI=1S/C21H26N6/c1-22-21(23-12-10-17-16-27-13-6-5-9-20(27)24-17)25-18-11-14-26(15-18)19-7-3-2-4-8-19/h2-9,13,16,18H,10-12,14-15H2,1H3,(H2,22,23,25). The number of hydrogen-bond acceptors (Lipinski definition) is 3. The van der Waals surface area contributed by atoms with Gasteiger partial charge in [-0.15, -0.1) is 0 Å². The molecule has 1 aromatic carbocycles. The van der Waals surface area contributed by atoms with Crippen molar-refractivity contribution in [2.24, 2.45) is 4.99 Å². The van der Waals surface area contributed by atoms with Crippen LogP contribution in [0, 0.1) is 0 Å². The number of hydrogen-bond donors (Lipinski definition) is 2. The zero-order chi connectivity index (χ0) is 18.5. The van der Waals surface area contributed by atoms with Gasteiger partial charge in [0.25, 0.3) is 0 Å². The highest BCUT2D eigenvalue weighted by Crippen LogP contribution is 2.19. The number of anilines is 1. The fourth-order valence-electron chi connectivity index (χ4n) is 3.56. The molecule has 3 heterocycles. The number of aliphatic imine (C=N–C) groups is 1. The molecule has 6 heteroatoms. The summed E-state index contributed by atoms with van der Waals surface area (Å²) in [5.74, 6) is 0.860. The van der Waals surface area contributed by atoms with Crippen LogP contribution in [-0.2, 0) is 6.42 Å². The summed E-state index contributed by atoms with van der Waals surface area (Å²) < 4.78 is 2.05. The Bertz CT molecular complexity index is 868. The Hall–Kier alpha value is -3.02. The number of aromatic nitrogens is 2. The SMILES string of the molecule is CN=C(NCCc1cn2ccccc2n1)NC1CCN(c2ccccc2)C1. The van der Waals surface area contributed by atoms with Gasteiger partial charge in [0.2, 0.25) is 0 Å². The average Bonchev–Trinajstić information content (AvgIpc) is 3.34. The van der Waals surface area contributed by atoms with Crippen LogP contribution in [0.2, 0.25) is 0 Å². The van der Waals surface area contributed by atoms with E-state index in [-0.39, 0.29) is 0 Å². The van der Waals surface area contributed by atoms with Crippen LogP contribution >= 0.6 is 0 Å². The first-order valence-corrected chi connectivity index (χ1v) is 9.51. The lowest BCUT2D eigenvalue weighted by Gasteiger charge is -2.20. The summed E-state index contributed by atoms with van der Waals surface area (Å²) in [5, 5.41) is 6.96. The molecule has 1 unspecified atom stereocenters. The highest BCUT2D eigenvalue weighted by molar-refractivity contribution is 5.80. The van der Waals surface area contributed by atoms with E-state index in [1.54, 1.807) is 0 Å². The molecule has 0 amide bonds. The van der Waals surface area contributed by atoms with E-state index in [0.29, 0.717) is 6.04 Å². The molecule has 3 aromatic rings. The summed E-state index contributed by atoms with van der Waals surface area (Å²) in [6.45, 7) is 2.87. The van der Waals surface area contributed by atoms with E-state index in [1.807, 2.05) is 31.4 Å². The number of imidazole rings is 1. The van der Waals surface area contributed by atoms with E-state index in [1.165, 1.54) is 5.69 Å². The molecule has 0 aliphatic carbocycles. The van der Waals surface area contributed by atoms with Crippen molar-refractivity contribution in [3.8, 4) is 0 Å². The van der Waals surface area contributed by atoms with E-state index in [4.69, 9.17) is 0 Å².